The SMILES string of the molecule is Cc1cc(C(=O)N2C[C@@H](C)CCC[C@@H]2C)no1. The minimum atomic E-state index is 0.00287. The Bertz CT molecular complexity index is 400. The third-order valence-corrected chi connectivity index (χ3v) is 3.47. The van der Waals surface area contributed by atoms with E-state index in [4.69, 9.17) is 4.52 Å². The number of nitrogens with zero attached hydrogens (tertiary/aromatic N) is 2. The van der Waals surface area contributed by atoms with Crippen molar-refractivity contribution in [1.82, 2.24) is 10.1 Å². The number of hydrogen-bond donors (Lipinski definition) is 0. The van der Waals surface area contributed by atoms with E-state index in [2.05, 4.69) is 19.0 Å². The minimum absolute atomic E-state index is 0.00287. The summed E-state index contributed by atoms with van der Waals surface area (Å²) in [5.74, 6) is 1.25. The highest BCUT2D eigenvalue weighted by Crippen LogP contribution is 2.22. The fourth-order valence-corrected chi connectivity index (χ4v) is 2.42. The molecule has 0 N–H and O–H groups in total. The van der Waals surface area contributed by atoms with Crippen molar-refractivity contribution in [2.45, 2.75) is 46.1 Å². The van der Waals surface area contributed by atoms with Gasteiger partial charge in [0, 0.05) is 18.7 Å². The maximum atomic E-state index is 12.3. The van der Waals surface area contributed by atoms with Crippen LogP contribution in [-0.4, -0.2) is 28.6 Å². The van der Waals surface area contributed by atoms with Crippen LogP contribution in [0.3, 0.4) is 0 Å². The molecule has 4 heteroatoms. The van der Waals surface area contributed by atoms with Gasteiger partial charge in [0.05, 0.1) is 0 Å². The van der Waals surface area contributed by atoms with Crippen molar-refractivity contribution in [3.8, 4) is 0 Å². The fourth-order valence-electron chi connectivity index (χ4n) is 2.42. The van der Waals surface area contributed by atoms with Crippen LogP contribution in [0.1, 0.15) is 49.4 Å². The normalized spacial score (nSPS) is 25.7. The van der Waals surface area contributed by atoms with Crippen LogP contribution in [0.5, 0.6) is 0 Å². The second kappa shape index (κ2) is 4.90. The molecule has 2 atom stereocenters. The Labute approximate surface area is 102 Å². The van der Waals surface area contributed by atoms with Crippen molar-refractivity contribution in [2.75, 3.05) is 6.54 Å². The zero-order chi connectivity index (χ0) is 12.4. The zero-order valence-electron chi connectivity index (χ0n) is 10.8. The molecule has 1 aromatic heterocycles. The van der Waals surface area contributed by atoms with Gasteiger partial charge in [-0.2, -0.15) is 0 Å². The van der Waals surface area contributed by atoms with Crippen LogP contribution in [-0.2, 0) is 0 Å². The van der Waals surface area contributed by atoms with E-state index in [-0.39, 0.29) is 5.91 Å². The van der Waals surface area contributed by atoms with Gasteiger partial charge in [-0.25, -0.2) is 0 Å². The largest absolute Gasteiger partial charge is 0.361 e. The summed E-state index contributed by atoms with van der Waals surface area (Å²) in [4.78, 5) is 14.3. The third-order valence-electron chi connectivity index (χ3n) is 3.47. The van der Waals surface area contributed by atoms with E-state index in [1.165, 1.54) is 12.8 Å². The molecule has 2 heterocycles. The van der Waals surface area contributed by atoms with E-state index in [1.807, 2.05) is 4.90 Å². The summed E-state index contributed by atoms with van der Waals surface area (Å²) < 4.78 is 4.97. The Morgan fingerprint density at radius 2 is 2.24 bits per heavy atom. The van der Waals surface area contributed by atoms with Gasteiger partial charge < -0.3 is 9.42 Å². The summed E-state index contributed by atoms with van der Waals surface area (Å²) in [5, 5.41) is 3.81. The molecule has 94 valence electrons. The average Bonchev–Trinajstić information content (AvgIpc) is 2.64. The maximum absolute atomic E-state index is 12.3. The van der Waals surface area contributed by atoms with Crippen LogP contribution in [0.4, 0.5) is 0 Å². The second-order valence-electron chi connectivity index (χ2n) is 5.17. The van der Waals surface area contributed by atoms with Crippen LogP contribution in [0, 0.1) is 12.8 Å². The van der Waals surface area contributed by atoms with Gasteiger partial charge in [0.25, 0.3) is 5.91 Å². The topological polar surface area (TPSA) is 46.3 Å². The molecular weight excluding hydrogens is 216 g/mol. The van der Waals surface area contributed by atoms with Gasteiger partial charge in [0.2, 0.25) is 0 Å². The summed E-state index contributed by atoms with van der Waals surface area (Å²) in [6.45, 7) is 6.94. The molecule has 1 amide bonds. The van der Waals surface area contributed by atoms with Gasteiger partial charge in [-0.05, 0) is 32.6 Å². The van der Waals surface area contributed by atoms with Gasteiger partial charge in [-0.1, -0.05) is 18.5 Å². The molecule has 4 nitrogen and oxygen atoms in total. The molecule has 0 aliphatic carbocycles. The van der Waals surface area contributed by atoms with Gasteiger partial charge in [-0.3, -0.25) is 4.79 Å². The highest BCUT2D eigenvalue weighted by molar-refractivity contribution is 5.92. The molecule has 1 saturated heterocycles. The number of carbonyl (C=O) groups excluding carboxylic acids is 1. The van der Waals surface area contributed by atoms with Gasteiger partial charge in [-0.15, -0.1) is 0 Å². The quantitative estimate of drug-likeness (QED) is 0.753. The Kier molecular flexibility index (Phi) is 3.50. The summed E-state index contributed by atoms with van der Waals surface area (Å²) in [6.07, 6.45) is 3.48. The molecule has 1 aromatic rings. The predicted octanol–water partition coefficient (Wildman–Crippen LogP) is 2.63. The molecule has 0 unspecified atom stereocenters. The summed E-state index contributed by atoms with van der Waals surface area (Å²) in [6, 6.07) is 2.01. The predicted molar refractivity (Wildman–Crippen MR) is 64.8 cm³/mol. The van der Waals surface area contributed by atoms with Crippen LogP contribution < -0.4 is 0 Å². The monoisotopic (exact) mass is 236 g/mol. The maximum Gasteiger partial charge on any atom is 0.276 e. The van der Waals surface area contributed by atoms with Crippen LogP contribution >= 0.6 is 0 Å². The first-order valence-electron chi connectivity index (χ1n) is 6.32. The lowest BCUT2D eigenvalue weighted by molar-refractivity contribution is 0.0667. The van der Waals surface area contributed by atoms with E-state index >= 15 is 0 Å². The number of likely N-dealkylation sites (tertiary alicyclic amines) is 1. The lowest BCUT2D eigenvalue weighted by Crippen LogP contribution is -2.40. The molecule has 1 aliphatic heterocycles. The first kappa shape index (κ1) is 12.1. The first-order valence-corrected chi connectivity index (χ1v) is 6.32. The van der Waals surface area contributed by atoms with Gasteiger partial charge in [0.1, 0.15) is 5.76 Å². The number of hydrogen-bond acceptors (Lipinski definition) is 3. The van der Waals surface area contributed by atoms with E-state index in [9.17, 15) is 4.79 Å². The molecular formula is C13H20N2O2. The van der Waals surface area contributed by atoms with Crippen molar-refractivity contribution < 1.29 is 9.32 Å². The Morgan fingerprint density at radius 3 is 2.88 bits per heavy atom. The van der Waals surface area contributed by atoms with Crippen LogP contribution in [0.15, 0.2) is 10.6 Å². The third kappa shape index (κ3) is 2.68. The van der Waals surface area contributed by atoms with Crippen molar-refractivity contribution >= 4 is 5.91 Å². The summed E-state index contributed by atoms with van der Waals surface area (Å²) >= 11 is 0. The molecule has 0 aromatic carbocycles. The number of amides is 1. The highest BCUT2D eigenvalue weighted by Gasteiger charge is 2.27. The lowest BCUT2D eigenvalue weighted by atomic mass is 10.1. The Hall–Kier alpha value is -1.32. The molecule has 0 radical (unpaired) electrons. The van der Waals surface area contributed by atoms with Crippen LogP contribution in [0.25, 0.3) is 0 Å². The summed E-state index contributed by atoms with van der Waals surface area (Å²) in [7, 11) is 0. The molecule has 1 fully saturated rings. The van der Waals surface area contributed by atoms with E-state index in [0.29, 0.717) is 23.4 Å². The average molecular weight is 236 g/mol. The van der Waals surface area contributed by atoms with Crippen LogP contribution in [0.2, 0.25) is 0 Å². The standard InChI is InChI=1S/C13H20N2O2/c1-9-5-4-6-10(2)15(8-9)13(16)12-7-11(3)17-14-12/h7,9-10H,4-6,8H2,1-3H3/t9-,10-/m0/s1. The van der Waals surface area contributed by atoms with Crippen molar-refractivity contribution in [3.63, 3.8) is 0 Å². The Morgan fingerprint density at radius 1 is 1.47 bits per heavy atom. The number of carbonyl (C=O) groups is 1. The molecule has 2 rings (SSSR count). The van der Waals surface area contributed by atoms with Crippen molar-refractivity contribution in [2.24, 2.45) is 5.92 Å². The zero-order valence-corrected chi connectivity index (χ0v) is 10.8. The Balaban J connectivity index is 2.16. The smallest absolute Gasteiger partial charge is 0.276 e. The molecule has 0 spiro atoms. The lowest BCUT2D eigenvalue weighted by Gasteiger charge is -2.27. The van der Waals surface area contributed by atoms with Gasteiger partial charge in [0.15, 0.2) is 5.69 Å². The minimum Gasteiger partial charge on any atom is -0.361 e. The molecule has 0 saturated carbocycles. The number of aryl methyl sites for hydroxylation is 1. The van der Waals surface area contributed by atoms with Crippen molar-refractivity contribution in [1.29, 1.82) is 0 Å². The van der Waals surface area contributed by atoms with Crippen molar-refractivity contribution in [3.05, 3.63) is 17.5 Å². The fraction of sp³-hybridized carbons (Fsp3) is 0.692. The number of aromatic nitrogens is 1. The van der Waals surface area contributed by atoms with E-state index < -0.39 is 0 Å². The highest BCUT2D eigenvalue weighted by atomic mass is 16.5. The summed E-state index contributed by atoms with van der Waals surface area (Å²) in [5.41, 5.74) is 0.434. The molecule has 17 heavy (non-hydrogen) atoms. The molecule has 0 bridgehead atoms. The second-order valence-corrected chi connectivity index (χ2v) is 5.17. The number of rotatable bonds is 1. The van der Waals surface area contributed by atoms with E-state index in [1.54, 1.807) is 13.0 Å². The molecule has 1 aliphatic rings. The van der Waals surface area contributed by atoms with Gasteiger partial charge >= 0.3 is 0 Å². The van der Waals surface area contributed by atoms with E-state index in [0.717, 1.165) is 13.0 Å². The first-order chi connectivity index (χ1) is 8.08.